The standard InChI is InChI=1S/C20H23N5O/c1-15-5-3-4-6-16(15)19-13-25(11-12-26-19)20-23-18(8-10-24(20)2)17-7-9-21-14-22-17/h3-10,14,19-20H,11-13H2,1-2H3/t19?,20-/m1/s1. The van der Waals surface area contributed by atoms with Crippen LogP contribution in [0, 0.1) is 6.92 Å². The third-order valence-electron chi connectivity index (χ3n) is 4.89. The summed E-state index contributed by atoms with van der Waals surface area (Å²) in [6.07, 6.45) is 7.38. The van der Waals surface area contributed by atoms with Crippen molar-refractivity contribution < 1.29 is 4.74 Å². The molecule has 2 atom stereocenters. The summed E-state index contributed by atoms with van der Waals surface area (Å²) in [5.74, 6) is 0. The van der Waals surface area contributed by atoms with E-state index in [1.54, 1.807) is 12.5 Å². The molecule has 26 heavy (non-hydrogen) atoms. The fourth-order valence-electron chi connectivity index (χ4n) is 3.47. The third kappa shape index (κ3) is 3.38. The maximum Gasteiger partial charge on any atom is 0.178 e. The van der Waals surface area contributed by atoms with Crippen molar-refractivity contribution in [2.45, 2.75) is 19.3 Å². The molecule has 0 amide bonds. The zero-order valence-corrected chi connectivity index (χ0v) is 15.1. The molecule has 3 heterocycles. The second-order valence-corrected chi connectivity index (χ2v) is 6.65. The zero-order valence-electron chi connectivity index (χ0n) is 15.1. The molecule has 1 unspecified atom stereocenters. The van der Waals surface area contributed by atoms with Crippen LogP contribution in [-0.4, -0.2) is 58.5 Å². The topological polar surface area (TPSA) is 53.9 Å². The van der Waals surface area contributed by atoms with Crippen LogP contribution < -0.4 is 0 Å². The number of ether oxygens (including phenoxy) is 1. The van der Waals surface area contributed by atoms with Gasteiger partial charge in [-0.3, -0.25) is 4.90 Å². The van der Waals surface area contributed by atoms with Crippen LogP contribution in [0.3, 0.4) is 0 Å². The lowest BCUT2D eigenvalue weighted by atomic mass is 10.0. The Kier molecular flexibility index (Phi) is 4.77. The molecule has 1 saturated heterocycles. The summed E-state index contributed by atoms with van der Waals surface area (Å²) in [7, 11) is 2.06. The van der Waals surface area contributed by atoms with Gasteiger partial charge in [0.05, 0.1) is 24.1 Å². The van der Waals surface area contributed by atoms with E-state index in [9.17, 15) is 0 Å². The minimum Gasteiger partial charge on any atom is -0.371 e. The van der Waals surface area contributed by atoms with E-state index in [2.05, 4.69) is 64.2 Å². The van der Waals surface area contributed by atoms with E-state index in [1.807, 2.05) is 12.1 Å². The van der Waals surface area contributed by atoms with Gasteiger partial charge in [0, 0.05) is 32.5 Å². The fourth-order valence-corrected chi connectivity index (χ4v) is 3.47. The van der Waals surface area contributed by atoms with E-state index >= 15 is 0 Å². The second kappa shape index (κ2) is 7.35. The fraction of sp³-hybridized carbons (Fsp3) is 0.350. The van der Waals surface area contributed by atoms with Crippen molar-refractivity contribution in [2.24, 2.45) is 4.99 Å². The van der Waals surface area contributed by atoms with Crippen molar-refractivity contribution in [1.29, 1.82) is 0 Å². The van der Waals surface area contributed by atoms with Crippen molar-refractivity contribution in [3.8, 4) is 0 Å². The van der Waals surface area contributed by atoms with Crippen molar-refractivity contribution in [3.05, 3.63) is 72.0 Å². The average Bonchev–Trinajstić information content (AvgIpc) is 2.69. The molecule has 1 aromatic heterocycles. The molecule has 0 bridgehead atoms. The molecular formula is C20H23N5O. The van der Waals surface area contributed by atoms with Gasteiger partial charge in [0.15, 0.2) is 6.29 Å². The Labute approximate surface area is 153 Å². The number of hydrogen-bond acceptors (Lipinski definition) is 6. The largest absolute Gasteiger partial charge is 0.371 e. The van der Waals surface area contributed by atoms with Gasteiger partial charge in [-0.15, -0.1) is 0 Å². The molecule has 0 radical (unpaired) electrons. The van der Waals surface area contributed by atoms with Gasteiger partial charge in [-0.25, -0.2) is 15.0 Å². The molecule has 0 spiro atoms. The Hall–Kier alpha value is -2.57. The van der Waals surface area contributed by atoms with Crippen LogP contribution in [0.5, 0.6) is 0 Å². The number of aromatic nitrogens is 2. The molecule has 2 aliphatic heterocycles. The molecule has 134 valence electrons. The van der Waals surface area contributed by atoms with Gasteiger partial charge in [-0.1, -0.05) is 24.3 Å². The molecule has 2 aromatic rings. The molecule has 6 nitrogen and oxygen atoms in total. The molecule has 0 N–H and O–H groups in total. The predicted molar refractivity (Wildman–Crippen MR) is 101 cm³/mol. The summed E-state index contributed by atoms with van der Waals surface area (Å²) in [6, 6.07) is 10.3. The second-order valence-electron chi connectivity index (χ2n) is 6.65. The number of hydrogen-bond donors (Lipinski definition) is 0. The first-order valence-corrected chi connectivity index (χ1v) is 8.88. The number of allylic oxidation sites excluding steroid dienone is 1. The molecular weight excluding hydrogens is 326 g/mol. The average molecular weight is 349 g/mol. The molecule has 0 saturated carbocycles. The number of aryl methyl sites for hydroxylation is 1. The van der Waals surface area contributed by atoms with Crippen molar-refractivity contribution in [2.75, 3.05) is 26.7 Å². The molecule has 4 rings (SSSR count). The van der Waals surface area contributed by atoms with E-state index in [4.69, 9.17) is 9.73 Å². The normalized spacial score (nSPS) is 23.8. The smallest absolute Gasteiger partial charge is 0.178 e. The van der Waals surface area contributed by atoms with Crippen LogP contribution in [0.2, 0.25) is 0 Å². The van der Waals surface area contributed by atoms with E-state index in [1.165, 1.54) is 11.1 Å². The van der Waals surface area contributed by atoms with Gasteiger partial charge >= 0.3 is 0 Å². The van der Waals surface area contributed by atoms with E-state index in [0.29, 0.717) is 6.61 Å². The van der Waals surface area contributed by atoms with Gasteiger partial charge in [0.1, 0.15) is 6.33 Å². The first-order valence-electron chi connectivity index (χ1n) is 8.88. The molecule has 2 aliphatic rings. The Balaban J connectivity index is 1.57. The van der Waals surface area contributed by atoms with Crippen molar-refractivity contribution >= 4 is 5.71 Å². The SMILES string of the molecule is Cc1ccccc1C1CN([C@@H]2N=C(c3ccncn3)C=CN2C)CCO1. The maximum absolute atomic E-state index is 6.07. The minimum absolute atomic E-state index is 0.0552. The van der Waals surface area contributed by atoms with Crippen molar-refractivity contribution in [3.63, 3.8) is 0 Å². The summed E-state index contributed by atoms with van der Waals surface area (Å²) in [4.78, 5) is 17.8. The highest BCUT2D eigenvalue weighted by molar-refractivity contribution is 6.07. The van der Waals surface area contributed by atoms with E-state index < -0.39 is 0 Å². The summed E-state index contributed by atoms with van der Waals surface area (Å²) in [5.41, 5.74) is 4.25. The van der Waals surface area contributed by atoms with Crippen LogP contribution in [0.4, 0.5) is 0 Å². The molecule has 1 aromatic carbocycles. The van der Waals surface area contributed by atoms with Crippen LogP contribution >= 0.6 is 0 Å². The Bertz CT molecular complexity index is 820. The number of nitrogens with zero attached hydrogens (tertiary/aromatic N) is 5. The maximum atomic E-state index is 6.07. The molecule has 0 aliphatic carbocycles. The molecule has 6 heteroatoms. The summed E-state index contributed by atoms with van der Waals surface area (Å²) in [5, 5.41) is 0. The zero-order chi connectivity index (χ0) is 17.9. The summed E-state index contributed by atoms with van der Waals surface area (Å²) < 4.78 is 6.07. The Morgan fingerprint density at radius 3 is 2.88 bits per heavy atom. The lowest BCUT2D eigenvalue weighted by Crippen LogP contribution is -2.50. The number of morpholine rings is 1. The van der Waals surface area contributed by atoms with E-state index in [-0.39, 0.29) is 12.4 Å². The first kappa shape index (κ1) is 16.9. The van der Waals surface area contributed by atoms with Crippen LogP contribution in [-0.2, 0) is 4.74 Å². The summed E-state index contributed by atoms with van der Waals surface area (Å²) >= 11 is 0. The first-order chi connectivity index (χ1) is 12.7. The van der Waals surface area contributed by atoms with Crippen LogP contribution in [0.25, 0.3) is 0 Å². The van der Waals surface area contributed by atoms with Gasteiger partial charge < -0.3 is 9.64 Å². The lowest BCUT2D eigenvalue weighted by molar-refractivity contribution is -0.0635. The summed E-state index contributed by atoms with van der Waals surface area (Å²) in [6.45, 7) is 4.50. The third-order valence-corrected chi connectivity index (χ3v) is 4.89. The van der Waals surface area contributed by atoms with Crippen molar-refractivity contribution in [1.82, 2.24) is 19.8 Å². The Morgan fingerprint density at radius 2 is 2.08 bits per heavy atom. The number of aliphatic imine (C=N–C) groups is 1. The van der Waals surface area contributed by atoms with Crippen LogP contribution in [0.15, 0.2) is 60.1 Å². The van der Waals surface area contributed by atoms with Gasteiger partial charge in [-0.2, -0.15) is 0 Å². The number of benzene rings is 1. The monoisotopic (exact) mass is 349 g/mol. The van der Waals surface area contributed by atoms with E-state index in [0.717, 1.165) is 24.5 Å². The quantitative estimate of drug-likeness (QED) is 0.852. The van der Waals surface area contributed by atoms with Gasteiger partial charge in [0.25, 0.3) is 0 Å². The highest BCUT2D eigenvalue weighted by Crippen LogP contribution is 2.27. The highest BCUT2D eigenvalue weighted by Gasteiger charge is 2.30. The van der Waals surface area contributed by atoms with Gasteiger partial charge in [0.2, 0.25) is 0 Å². The predicted octanol–water partition coefficient (Wildman–Crippen LogP) is 2.39. The highest BCUT2D eigenvalue weighted by atomic mass is 16.5. The lowest BCUT2D eigenvalue weighted by Gasteiger charge is -2.41. The number of rotatable bonds is 3. The minimum atomic E-state index is -0.0552. The van der Waals surface area contributed by atoms with Crippen LogP contribution in [0.1, 0.15) is 22.9 Å². The Morgan fingerprint density at radius 1 is 1.19 bits per heavy atom. The molecule has 1 fully saturated rings. The van der Waals surface area contributed by atoms with Gasteiger partial charge in [-0.05, 0) is 30.2 Å².